The number of benzene rings is 1. The number of amides is 1. The van der Waals surface area contributed by atoms with Crippen molar-refractivity contribution in [1.29, 1.82) is 0 Å². The van der Waals surface area contributed by atoms with Crippen LogP contribution in [0.15, 0.2) is 22.7 Å². The minimum Gasteiger partial charge on any atom is -0.352 e. The van der Waals surface area contributed by atoms with E-state index in [2.05, 4.69) is 26.1 Å². The summed E-state index contributed by atoms with van der Waals surface area (Å²) in [5.41, 5.74) is 0.350. The fourth-order valence-corrected chi connectivity index (χ4v) is 2.91. The monoisotopic (exact) mass is 342 g/mol. The number of nitrogens with one attached hydrogen (secondary N) is 1. The van der Waals surface area contributed by atoms with Gasteiger partial charge in [-0.2, -0.15) is 0 Å². The molecule has 0 aliphatic carbocycles. The first-order valence-corrected chi connectivity index (χ1v) is 7.92. The summed E-state index contributed by atoms with van der Waals surface area (Å²) >= 11 is 3.11. The van der Waals surface area contributed by atoms with Crippen molar-refractivity contribution in [3.05, 3.63) is 34.1 Å². The summed E-state index contributed by atoms with van der Waals surface area (Å²) in [6, 6.07) is 4.49. The Morgan fingerprint density at radius 3 is 2.80 bits per heavy atom. The second-order valence-corrected chi connectivity index (χ2v) is 5.91. The van der Waals surface area contributed by atoms with Gasteiger partial charge in [-0.3, -0.25) is 4.79 Å². The highest BCUT2D eigenvalue weighted by Gasteiger charge is 2.13. The number of halogens is 2. The Balaban J connectivity index is 1.73. The van der Waals surface area contributed by atoms with E-state index >= 15 is 0 Å². The first-order valence-electron chi connectivity index (χ1n) is 7.13. The van der Waals surface area contributed by atoms with E-state index in [1.807, 2.05) is 0 Å². The molecule has 0 atom stereocenters. The fourth-order valence-electron chi connectivity index (χ4n) is 2.46. The van der Waals surface area contributed by atoms with E-state index in [1.165, 1.54) is 38.4 Å². The van der Waals surface area contributed by atoms with E-state index in [9.17, 15) is 9.18 Å². The Morgan fingerprint density at radius 2 is 2.05 bits per heavy atom. The molecule has 1 amide bonds. The van der Waals surface area contributed by atoms with E-state index in [-0.39, 0.29) is 10.4 Å². The number of nitrogens with zero attached hydrogens (tertiary/aromatic N) is 1. The normalized spacial score (nSPS) is 16.1. The minimum absolute atomic E-state index is 0.227. The van der Waals surface area contributed by atoms with Gasteiger partial charge in [0.15, 0.2) is 0 Å². The number of likely N-dealkylation sites (tertiary alicyclic amines) is 1. The van der Waals surface area contributed by atoms with Crippen molar-refractivity contribution in [3.8, 4) is 0 Å². The lowest BCUT2D eigenvalue weighted by Gasteiger charge is -2.26. The van der Waals surface area contributed by atoms with Crippen molar-refractivity contribution >= 4 is 21.8 Å². The van der Waals surface area contributed by atoms with Crippen LogP contribution >= 0.6 is 15.9 Å². The average Bonchev–Trinajstić information content (AvgIpc) is 2.47. The van der Waals surface area contributed by atoms with Gasteiger partial charge >= 0.3 is 0 Å². The molecule has 0 spiro atoms. The third-order valence-corrected chi connectivity index (χ3v) is 4.39. The van der Waals surface area contributed by atoms with Gasteiger partial charge in [-0.1, -0.05) is 12.5 Å². The highest BCUT2D eigenvalue weighted by atomic mass is 79.9. The van der Waals surface area contributed by atoms with Crippen molar-refractivity contribution in [2.24, 2.45) is 0 Å². The summed E-state index contributed by atoms with van der Waals surface area (Å²) in [5.74, 6) is -0.638. The number of piperidine rings is 1. The van der Waals surface area contributed by atoms with Crippen LogP contribution in [0.25, 0.3) is 0 Å². The molecule has 2 rings (SSSR count). The van der Waals surface area contributed by atoms with Gasteiger partial charge in [0, 0.05) is 6.54 Å². The maximum Gasteiger partial charge on any atom is 0.252 e. The van der Waals surface area contributed by atoms with Crippen molar-refractivity contribution in [3.63, 3.8) is 0 Å². The van der Waals surface area contributed by atoms with Crippen LogP contribution in [-0.4, -0.2) is 37.0 Å². The van der Waals surface area contributed by atoms with Gasteiger partial charge in [-0.25, -0.2) is 4.39 Å². The molecule has 20 heavy (non-hydrogen) atoms. The van der Waals surface area contributed by atoms with Gasteiger partial charge in [0.1, 0.15) is 5.82 Å². The van der Waals surface area contributed by atoms with Crippen LogP contribution in [0.5, 0.6) is 0 Å². The molecule has 1 fully saturated rings. The predicted molar refractivity (Wildman–Crippen MR) is 81.3 cm³/mol. The van der Waals surface area contributed by atoms with E-state index in [0.717, 1.165) is 13.0 Å². The van der Waals surface area contributed by atoms with Crippen LogP contribution in [0.4, 0.5) is 4.39 Å². The number of rotatable bonds is 5. The molecule has 5 heteroatoms. The van der Waals surface area contributed by atoms with Gasteiger partial charge < -0.3 is 10.2 Å². The Bertz CT molecular complexity index is 461. The average molecular weight is 343 g/mol. The molecule has 3 nitrogen and oxygen atoms in total. The molecule has 0 bridgehead atoms. The Hall–Kier alpha value is -0.940. The molecular formula is C15H20BrFN2O. The van der Waals surface area contributed by atoms with Crippen LogP contribution in [0.3, 0.4) is 0 Å². The summed E-state index contributed by atoms with van der Waals surface area (Å²) in [7, 11) is 0. The van der Waals surface area contributed by atoms with E-state index in [1.54, 1.807) is 12.1 Å². The van der Waals surface area contributed by atoms with E-state index in [0.29, 0.717) is 12.1 Å². The van der Waals surface area contributed by atoms with Gasteiger partial charge in [0.2, 0.25) is 0 Å². The first kappa shape index (κ1) is 15.4. The second kappa shape index (κ2) is 7.74. The third kappa shape index (κ3) is 4.28. The standard InChI is InChI=1S/C15H20BrFN2O/c16-14-12(6-4-7-13(14)17)15(20)18-8-5-11-19-9-2-1-3-10-19/h4,6-7H,1-3,5,8-11H2,(H,18,20). The second-order valence-electron chi connectivity index (χ2n) is 5.11. The molecule has 1 aromatic rings. The quantitative estimate of drug-likeness (QED) is 0.833. The van der Waals surface area contributed by atoms with Crippen molar-refractivity contribution in [1.82, 2.24) is 10.2 Å². The molecule has 1 aliphatic heterocycles. The molecule has 1 heterocycles. The molecule has 0 unspecified atom stereocenters. The van der Waals surface area contributed by atoms with Gasteiger partial charge in [0.05, 0.1) is 10.0 Å². The Labute approximate surface area is 127 Å². The molecule has 0 saturated carbocycles. The van der Waals surface area contributed by atoms with Crippen LogP contribution in [-0.2, 0) is 0 Å². The van der Waals surface area contributed by atoms with E-state index < -0.39 is 5.82 Å². The minimum atomic E-state index is -0.411. The van der Waals surface area contributed by atoms with Crippen LogP contribution in [0.2, 0.25) is 0 Å². The number of hydrogen-bond donors (Lipinski definition) is 1. The highest BCUT2D eigenvalue weighted by Crippen LogP contribution is 2.20. The topological polar surface area (TPSA) is 32.3 Å². The third-order valence-electron chi connectivity index (χ3n) is 3.58. The fraction of sp³-hybridized carbons (Fsp3) is 0.533. The number of hydrogen-bond acceptors (Lipinski definition) is 2. The molecular weight excluding hydrogens is 323 g/mol. The van der Waals surface area contributed by atoms with Crippen LogP contribution in [0.1, 0.15) is 36.0 Å². The van der Waals surface area contributed by atoms with E-state index in [4.69, 9.17) is 0 Å². The van der Waals surface area contributed by atoms with Crippen molar-refractivity contribution in [2.75, 3.05) is 26.2 Å². The molecule has 0 radical (unpaired) electrons. The summed E-state index contributed by atoms with van der Waals surface area (Å²) in [4.78, 5) is 14.4. The molecule has 1 saturated heterocycles. The van der Waals surface area contributed by atoms with Gasteiger partial charge in [0.25, 0.3) is 5.91 Å². The number of carbonyl (C=O) groups is 1. The SMILES string of the molecule is O=C(NCCCN1CCCCC1)c1cccc(F)c1Br. The molecule has 1 N–H and O–H groups in total. The molecule has 0 aromatic heterocycles. The lowest BCUT2D eigenvalue weighted by molar-refractivity contribution is 0.0950. The maximum absolute atomic E-state index is 13.3. The summed E-state index contributed by atoms with van der Waals surface area (Å²) in [5, 5.41) is 2.84. The number of carbonyl (C=O) groups excluding carboxylic acids is 1. The largest absolute Gasteiger partial charge is 0.352 e. The maximum atomic E-state index is 13.3. The van der Waals surface area contributed by atoms with Gasteiger partial charge in [-0.15, -0.1) is 0 Å². The van der Waals surface area contributed by atoms with Crippen molar-refractivity contribution in [2.45, 2.75) is 25.7 Å². The van der Waals surface area contributed by atoms with Crippen LogP contribution < -0.4 is 5.32 Å². The van der Waals surface area contributed by atoms with Crippen molar-refractivity contribution < 1.29 is 9.18 Å². The zero-order valence-corrected chi connectivity index (χ0v) is 13.1. The Kier molecular flexibility index (Phi) is 5.98. The summed E-state index contributed by atoms with van der Waals surface area (Å²) < 4.78 is 13.6. The molecule has 110 valence electrons. The van der Waals surface area contributed by atoms with Gasteiger partial charge in [-0.05, 0) is 67.0 Å². The first-order chi connectivity index (χ1) is 9.68. The highest BCUT2D eigenvalue weighted by molar-refractivity contribution is 9.10. The zero-order chi connectivity index (χ0) is 14.4. The lowest BCUT2D eigenvalue weighted by atomic mass is 10.1. The summed E-state index contributed by atoms with van der Waals surface area (Å²) in [6.45, 7) is 3.98. The summed E-state index contributed by atoms with van der Waals surface area (Å²) in [6.07, 6.45) is 4.82. The molecule has 1 aliphatic rings. The van der Waals surface area contributed by atoms with Crippen LogP contribution in [0, 0.1) is 5.82 Å². The smallest absolute Gasteiger partial charge is 0.252 e. The zero-order valence-electron chi connectivity index (χ0n) is 11.5. The predicted octanol–water partition coefficient (Wildman–Crippen LogP) is 3.19. The Morgan fingerprint density at radius 1 is 1.30 bits per heavy atom. The molecule has 1 aromatic carbocycles. The lowest BCUT2D eigenvalue weighted by Crippen LogP contribution is -2.33.